The van der Waals surface area contributed by atoms with Gasteiger partial charge >= 0.3 is 12.0 Å². The second kappa shape index (κ2) is 8.52. The fourth-order valence-corrected chi connectivity index (χ4v) is 2.41. The second-order valence-corrected chi connectivity index (χ2v) is 5.05. The molecule has 0 saturated carbocycles. The number of amides is 2. The van der Waals surface area contributed by atoms with Gasteiger partial charge in [0.1, 0.15) is 5.01 Å². The summed E-state index contributed by atoms with van der Waals surface area (Å²) in [5.74, 6) is -0.421. The summed E-state index contributed by atoms with van der Waals surface area (Å²) >= 11 is 1.36. The van der Waals surface area contributed by atoms with Crippen LogP contribution in [0, 0.1) is 0 Å². The molecule has 20 heavy (non-hydrogen) atoms. The molecule has 0 radical (unpaired) electrons. The van der Waals surface area contributed by atoms with Crippen molar-refractivity contribution in [2.45, 2.75) is 33.7 Å². The molecule has 1 aromatic heterocycles. The van der Waals surface area contributed by atoms with Crippen LogP contribution in [0.25, 0.3) is 0 Å². The fourth-order valence-electron chi connectivity index (χ4n) is 1.63. The Morgan fingerprint density at radius 3 is 2.75 bits per heavy atom. The number of aromatic nitrogens is 1. The number of hydrogen-bond acceptors (Lipinski definition) is 5. The molecule has 0 aliphatic rings. The van der Waals surface area contributed by atoms with Crippen LogP contribution >= 0.6 is 11.3 Å². The predicted molar refractivity (Wildman–Crippen MR) is 77.8 cm³/mol. The Morgan fingerprint density at radius 2 is 2.15 bits per heavy atom. The van der Waals surface area contributed by atoms with Gasteiger partial charge in [-0.15, -0.1) is 11.3 Å². The molecule has 0 atom stereocenters. The van der Waals surface area contributed by atoms with E-state index in [2.05, 4.69) is 10.3 Å². The highest BCUT2D eigenvalue weighted by molar-refractivity contribution is 7.09. The third-order valence-corrected chi connectivity index (χ3v) is 3.30. The van der Waals surface area contributed by atoms with E-state index in [1.54, 1.807) is 17.2 Å². The van der Waals surface area contributed by atoms with Gasteiger partial charge in [0.15, 0.2) is 5.69 Å². The molecular weight excluding hydrogens is 278 g/mol. The van der Waals surface area contributed by atoms with Gasteiger partial charge in [-0.1, -0.05) is 6.92 Å². The number of esters is 1. The molecule has 112 valence electrons. The van der Waals surface area contributed by atoms with E-state index in [-0.39, 0.29) is 6.03 Å². The van der Waals surface area contributed by atoms with E-state index in [0.29, 0.717) is 31.9 Å². The fraction of sp³-hybridized carbons (Fsp3) is 0.615. The smallest absolute Gasteiger partial charge is 0.357 e. The van der Waals surface area contributed by atoms with Gasteiger partial charge < -0.3 is 15.0 Å². The van der Waals surface area contributed by atoms with Crippen molar-refractivity contribution in [3.05, 3.63) is 16.1 Å². The predicted octanol–water partition coefficient (Wildman–Crippen LogP) is 2.26. The lowest BCUT2D eigenvalue weighted by atomic mass is 10.4. The summed E-state index contributed by atoms with van der Waals surface area (Å²) in [5.41, 5.74) is 0.305. The first kappa shape index (κ1) is 16.4. The van der Waals surface area contributed by atoms with E-state index in [0.717, 1.165) is 11.4 Å². The SMILES string of the molecule is CCCN(Cc1nc(C(=O)OCC)cs1)C(=O)NCC. The van der Waals surface area contributed by atoms with Gasteiger partial charge in [-0.2, -0.15) is 0 Å². The molecule has 0 aromatic carbocycles. The van der Waals surface area contributed by atoms with E-state index in [1.165, 1.54) is 11.3 Å². The van der Waals surface area contributed by atoms with Crippen molar-refractivity contribution in [2.24, 2.45) is 0 Å². The maximum absolute atomic E-state index is 11.9. The Bertz CT molecular complexity index is 448. The first-order valence-corrected chi connectivity index (χ1v) is 7.64. The van der Waals surface area contributed by atoms with E-state index in [4.69, 9.17) is 4.74 Å². The number of hydrogen-bond donors (Lipinski definition) is 1. The van der Waals surface area contributed by atoms with Gasteiger partial charge in [-0.05, 0) is 20.3 Å². The Balaban J connectivity index is 2.69. The zero-order chi connectivity index (χ0) is 15.0. The molecule has 1 heterocycles. The zero-order valence-corrected chi connectivity index (χ0v) is 13.0. The van der Waals surface area contributed by atoms with E-state index >= 15 is 0 Å². The molecule has 0 aliphatic carbocycles. The Kier molecular flexibility index (Phi) is 7.00. The Labute approximate surface area is 123 Å². The molecule has 1 rings (SSSR count). The maximum Gasteiger partial charge on any atom is 0.357 e. The first-order chi connectivity index (χ1) is 9.62. The molecule has 1 N–H and O–H groups in total. The normalized spacial score (nSPS) is 10.2. The number of nitrogens with one attached hydrogen (secondary N) is 1. The highest BCUT2D eigenvalue weighted by Gasteiger charge is 2.16. The standard InChI is InChI=1S/C13H21N3O3S/c1-4-7-16(13(18)14-5-2)8-11-15-10(9-20-11)12(17)19-6-3/h9H,4-8H2,1-3H3,(H,14,18). The number of ether oxygens (including phenoxy) is 1. The zero-order valence-electron chi connectivity index (χ0n) is 12.1. The quantitative estimate of drug-likeness (QED) is 0.784. The topological polar surface area (TPSA) is 71.5 Å². The van der Waals surface area contributed by atoms with Crippen molar-refractivity contribution in [3.8, 4) is 0 Å². The van der Waals surface area contributed by atoms with Crippen LogP contribution in [0.15, 0.2) is 5.38 Å². The minimum Gasteiger partial charge on any atom is -0.461 e. The number of carbonyl (C=O) groups is 2. The number of rotatable bonds is 7. The number of nitrogens with zero attached hydrogens (tertiary/aromatic N) is 2. The summed E-state index contributed by atoms with van der Waals surface area (Å²) in [5, 5.41) is 5.16. The van der Waals surface area contributed by atoms with Crippen molar-refractivity contribution in [1.29, 1.82) is 0 Å². The Morgan fingerprint density at radius 1 is 1.40 bits per heavy atom. The molecule has 0 unspecified atom stereocenters. The third kappa shape index (κ3) is 4.80. The van der Waals surface area contributed by atoms with Crippen LogP contribution in [0.4, 0.5) is 4.79 Å². The average Bonchev–Trinajstić information content (AvgIpc) is 2.87. The molecule has 0 fully saturated rings. The summed E-state index contributed by atoms with van der Waals surface area (Å²) in [7, 11) is 0. The minimum absolute atomic E-state index is 0.109. The largest absolute Gasteiger partial charge is 0.461 e. The molecule has 7 heteroatoms. The molecule has 0 aliphatic heterocycles. The summed E-state index contributed by atoms with van der Waals surface area (Å²) in [4.78, 5) is 29.3. The van der Waals surface area contributed by atoms with Crippen molar-refractivity contribution < 1.29 is 14.3 Å². The van der Waals surface area contributed by atoms with Crippen molar-refractivity contribution in [1.82, 2.24) is 15.2 Å². The molecule has 0 bridgehead atoms. The van der Waals surface area contributed by atoms with Gasteiger partial charge in [-0.3, -0.25) is 0 Å². The summed E-state index contributed by atoms with van der Waals surface area (Å²) in [6.07, 6.45) is 0.868. The van der Waals surface area contributed by atoms with E-state index in [9.17, 15) is 9.59 Å². The average molecular weight is 299 g/mol. The van der Waals surface area contributed by atoms with Gasteiger partial charge in [0, 0.05) is 18.5 Å². The van der Waals surface area contributed by atoms with Crippen LogP contribution in [-0.2, 0) is 11.3 Å². The lowest BCUT2D eigenvalue weighted by Gasteiger charge is -2.20. The molecular formula is C13H21N3O3S. The van der Waals surface area contributed by atoms with Crippen LogP contribution in [0.3, 0.4) is 0 Å². The third-order valence-electron chi connectivity index (χ3n) is 2.47. The lowest BCUT2D eigenvalue weighted by Crippen LogP contribution is -2.39. The van der Waals surface area contributed by atoms with Crippen LogP contribution in [0.5, 0.6) is 0 Å². The van der Waals surface area contributed by atoms with Gasteiger partial charge in [0.25, 0.3) is 0 Å². The van der Waals surface area contributed by atoms with E-state index in [1.807, 2.05) is 13.8 Å². The lowest BCUT2D eigenvalue weighted by molar-refractivity contribution is 0.0520. The maximum atomic E-state index is 11.9. The highest BCUT2D eigenvalue weighted by atomic mass is 32.1. The summed E-state index contributed by atoms with van der Waals surface area (Å²) < 4.78 is 4.89. The van der Waals surface area contributed by atoms with Gasteiger partial charge in [0.2, 0.25) is 0 Å². The molecule has 6 nitrogen and oxygen atoms in total. The second-order valence-electron chi connectivity index (χ2n) is 4.10. The monoisotopic (exact) mass is 299 g/mol. The first-order valence-electron chi connectivity index (χ1n) is 6.76. The van der Waals surface area contributed by atoms with Crippen molar-refractivity contribution in [3.63, 3.8) is 0 Å². The molecule has 0 spiro atoms. The van der Waals surface area contributed by atoms with Gasteiger partial charge in [0.05, 0.1) is 13.2 Å². The van der Waals surface area contributed by atoms with Crippen LogP contribution in [0.1, 0.15) is 42.7 Å². The minimum atomic E-state index is -0.421. The van der Waals surface area contributed by atoms with Crippen LogP contribution in [0.2, 0.25) is 0 Å². The molecule has 1 aromatic rings. The van der Waals surface area contributed by atoms with E-state index < -0.39 is 5.97 Å². The van der Waals surface area contributed by atoms with Crippen molar-refractivity contribution >= 4 is 23.3 Å². The summed E-state index contributed by atoms with van der Waals surface area (Å²) in [6.45, 7) is 7.62. The number of thiazole rings is 1. The highest BCUT2D eigenvalue weighted by Crippen LogP contribution is 2.13. The number of urea groups is 1. The van der Waals surface area contributed by atoms with Crippen LogP contribution in [-0.4, -0.2) is 41.6 Å². The molecule has 2 amide bonds. The summed E-state index contributed by atoms with van der Waals surface area (Å²) in [6, 6.07) is -0.109. The number of carbonyl (C=O) groups excluding carboxylic acids is 2. The van der Waals surface area contributed by atoms with Gasteiger partial charge in [-0.25, -0.2) is 14.6 Å². The molecule has 0 saturated heterocycles. The van der Waals surface area contributed by atoms with Crippen molar-refractivity contribution in [2.75, 3.05) is 19.7 Å². The van der Waals surface area contributed by atoms with Crippen LogP contribution < -0.4 is 5.32 Å². The Hall–Kier alpha value is -1.63.